The topological polar surface area (TPSA) is 78.7 Å². The molecule has 0 aliphatic rings. The van der Waals surface area contributed by atoms with E-state index in [0.29, 0.717) is 27.8 Å². The molecule has 0 aliphatic heterocycles. The number of carbonyl (C=O) groups is 1. The maximum Gasteiger partial charge on any atom is 0.344 e. The van der Waals surface area contributed by atoms with Crippen LogP contribution in [0.15, 0.2) is 133 Å². The van der Waals surface area contributed by atoms with E-state index in [4.69, 9.17) is 0 Å². The van der Waals surface area contributed by atoms with Gasteiger partial charge in [0, 0.05) is 17.5 Å². The SMILES string of the molecule is CC(c1ccc(C=CC(=O)C=Cc2ccc([N+](=O)[O-])cc2)cc1)(c1ccc(OC(F)=C(F)F)cc1)c1ccc(OC(F)=C(F)F)cc1. The molecule has 0 amide bonds. The zero-order chi connectivity index (χ0) is 34.1. The van der Waals surface area contributed by atoms with E-state index in [0.717, 1.165) is 0 Å². The number of hydrogen-bond donors (Lipinski definition) is 0. The van der Waals surface area contributed by atoms with Crippen LogP contribution in [-0.2, 0) is 10.2 Å². The van der Waals surface area contributed by atoms with E-state index in [1.165, 1.54) is 91.0 Å². The van der Waals surface area contributed by atoms with Gasteiger partial charge in [-0.25, -0.2) is 0 Å². The highest BCUT2D eigenvalue weighted by Gasteiger charge is 2.31. The summed E-state index contributed by atoms with van der Waals surface area (Å²) in [4.78, 5) is 22.7. The van der Waals surface area contributed by atoms with Gasteiger partial charge in [0.1, 0.15) is 11.5 Å². The molecule has 4 rings (SSSR count). The van der Waals surface area contributed by atoms with Crippen LogP contribution in [0.25, 0.3) is 12.2 Å². The number of allylic oxidation sites excluding steroid dienone is 2. The van der Waals surface area contributed by atoms with Crippen molar-refractivity contribution in [3.8, 4) is 11.5 Å². The Morgan fingerprint density at radius 2 is 0.957 bits per heavy atom. The van der Waals surface area contributed by atoms with Gasteiger partial charge in [-0.1, -0.05) is 60.7 Å². The molecule has 12 heteroatoms. The third kappa shape index (κ3) is 8.63. The second-order valence-electron chi connectivity index (χ2n) is 9.99. The Kier molecular flexibility index (Phi) is 10.8. The summed E-state index contributed by atoms with van der Waals surface area (Å²) in [5.74, 6) is -0.707. The number of halogens is 6. The molecule has 0 aromatic heterocycles. The highest BCUT2D eigenvalue weighted by Crippen LogP contribution is 2.40. The van der Waals surface area contributed by atoms with Crippen molar-refractivity contribution in [2.75, 3.05) is 0 Å². The van der Waals surface area contributed by atoms with E-state index in [1.807, 2.05) is 6.92 Å². The standard InChI is InChI=1S/C35H23F6NO5/c1-35(25-10-18-29(19-11-25)46-33(40)31(36)37,26-12-20-30(21-13-26)47-34(41)32(38)39)24-8-2-22(3-9-24)6-16-28(43)17-7-23-4-14-27(15-5-23)42(44)45/h2-21H,1H3. The van der Waals surface area contributed by atoms with Crippen LogP contribution in [0.3, 0.4) is 0 Å². The predicted molar refractivity (Wildman–Crippen MR) is 163 cm³/mol. The van der Waals surface area contributed by atoms with E-state index < -0.39 is 34.5 Å². The number of non-ortho nitro benzene ring substituents is 1. The second-order valence-corrected chi connectivity index (χ2v) is 9.99. The number of benzene rings is 4. The van der Waals surface area contributed by atoms with Crippen LogP contribution in [0.4, 0.5) is 32.0 Å². The van der Waals surface area contributed by atoms with Crippen LogP contribution in [0, 0.1) is 10.1 Å². The Bertz CT molecular complexity index is 1790. The molecule has 47 heavy (non-hydrogen) atoms. The Labute approximate surface area is 264 Å². The maximum absolute atomic E-state index is 13.3. The third-order valence-corrected chi connectivity index (χ3v) is 7.05. The smallest absolute Gasteiger partial charge is 0.344 e. The normalized spacial score (nSPS) is 11.4. The zero-order valence-electron chi connectivity index (χ0n) is 24.3. The van der Waals surface area contributed by atoms with E-state index in [9.17, 15) is 41.3 Å². The summed E-state index contributed by atoms with van der Waals surface area (Å²) < 4.78 is 85.8. The van der Waals surface area contributed by atoms with E-state index in [1.54, 1.807) is 30.3 Å². The molecule has 0 radical (unpaired) electrons. The molecule has 0 saturated heterocycles. The molecule has 0 heterocycles. The fourth-order valence-electron chi connectivity index (χ4n) is 4.54. The summed E-state index contributed by atoms with van der Waals surface area (Å²) in [5, 5.41) is 10.8. The monoisotopic (exact) mass is 651 g/mol. The molecule has 4 aromatic carbocycles. The van der Waals surface area contributed by atoms with Crippen molar-refractivity contribution in [3.63, 3.8) is 0 Å². The van der Waals surface area contributed by atoms with Gasteiger partial charge in [-0.05, 0) is 83.3 Å². The lowest BCUT2D eigenvalue weighted by molar-refractivity contribution is -0.384. The van der Waals surface area contributed by atoms with Crippen LogP contribution >= 0.6 is 0 Å². The minimum atomic E-state index is -2.61. The first kappa shape index (κ1) is 34.0. The first-order chi connectivity index (χ1) is 22.4. The lowest BCUT2D eigenvalue weighted by atomic mass is 9.71. The molecule has 0 aliphatic carbocycles. The molecule has 0 fully saturated rings. The molecule has 0 N–H and O–H groups in total. The molecule has 0 bridgehead atoms. The van der Waals surface area contributed by atoms with Crippen molar-refractivity contribution in [1.29, 1.82) is 0 Å². The van der Waals surface area contributed by atoms with Crippen LogP contribution < -0.4 is 9.47 Å². The quantitative estimate of drug-likeness (QED) is 0.0381. The van der Waals surface area contributed by atoms with Crippen LogP contribution in [0.5, 0.6) is 11.5 Å². The number of ketones is 1. The van der Waals surface area contributed by atoms with Gasteiger partial charge >= 0.3 is 24.2 Å². The van der Waals surface area contributed by atoms with Gasteiger partial charge in [0.15, 0.2) is 5.78 Å². The zero-order valence-corrected chi connectivity index (χ0v) is 24.3. The predicted octanol–water partition coefficient (Wildman–Crippen LogP) is 10.1. The number of nitro benzene ring substituents is 1. The highest BCUT2D eigenvalue weighted by molar-refractivity contribution is 6.04. The lowest BCUT2D eigenvalue weighted by Gasteiger charge is -2.32. The van der Waals surface area contributed by atoms with Crippen molar-refractivity contribution < 1.29 is 45.5 Å². The average molecular weight is 652 g/mol. The van der Waals surface area contributed by atoms with Gasteiger partial charge in [-0.2, -0.15) is 26.3 Å². The Morgan fingerprint density at radius 3 is 1.30 bits per heavy atom. The Balaban J connectivity index is 1.61. The number of carbonyl (C=O) groups excluding carboxylic acids is 1. The molecule has 0 spiro atoms. The van der Waals surface area contributed by atoms with Crippen molar-refractivity contribution in [1.82, 2.24) is 0 Å². The molecule has 0 saturated carbocycles. The number of nitro groups is 1. The van der Waals surface area contributed by atoms with Gasteiger partial charge in [-0.3, -0.25) is 14.9 Å². The van der Waals surface area contributed by atoms with Crippen molar-refractivity contribution in [3.05, 3.63) is 171 Å². The fourth-order valence-corrected chi connectivity index (χ4v) is 4.54. The summed E-state index contributed by atoms with van der Waals surface area (Å²) in [5.41, 5.74) is 2.10. The first-order valence-electron chi connectivity index (χ1n) is 13.6. The summed E-state index contributed by atoms with van der Waals surface area (Å²) in [6.07, 6.45) is 0.537. The Hall–Kier alpha value is -5.91. The number of rotatable bonds is 12. The van der Waals surface area contributed by atoms with Gasteiger partial charge in [0.05, 0.1) is 4.92 Å². The molecular weight excluding hydrogens is 628 g/mol. The van der Waals surface area contributed by atoms with Crippen LogP contribution in [-0.4, -0.2) is 10.7 Å². The van der Waals surface area contributed by atoms with Gasteiger partial charge in [-0.15, -0.1) is 0 Å². The van der Waals surface area contributed by atoms with E-state index >= 15 is 0 Å². The highest BCUT2D eigenvalue weighted by atomic mass is 19.3. The van der Waals surface area contributed by atoms with Gasteiger partial charge in [0.25, 0.3) is 5.69 Å². The van der Waals surface area contributed by atoms with E-state index in [-0.39, 0.29) is 23.0 Å². The maximum atomic E-state index is 13.3. The first-order valence-corrected chi connectivity index (χ1v) is 13.6. The van der Waals surface area contributed by atoms with Crippen molar-refractivity contribution >= 4 is 23.6 Å². The largest absolute Gasteiger partial charge is 0.428 e. The Morgan fingerprint density at radius 1 is 0.617 bits per heavy atom. The molecular formula is C35H23F6NO5. The lowest BCUT2D eigenvalue weighted by Crippen LogP contribution is -2.25. The van der Waals surface area contributed by atoms with Crippen LogP contribution in [0.2, 0.25) is 0 Å². The van der Waals surface area contributed by atoms with Crippen LogP contribution in [0.1, 0.15) is 34.7 Å². The second kappa shape index (κ2) is 14.9. The van der Waals surface area contributed by atoms with Crippen molar-refractivity contribution in [2.24, 2.45) is 0 Å². The summed E-state index contributed by atoms with van der Waals surface area (Å²) in [6.45, 7) is 1.82. The number of ether oxygens (including phenoxy) is 2. The fraction of sp³-hybridized carbons (Fsp3) is 0.0571. The molecule has 0 atom stereocenters. The summed E-state index contributed by atoms with van der Waals surface area (Å²) >= 11 is 0. The number of hydrogen-bond acceptors (Lipinski definition) is 5. The minimum absolute atomic E-state index is 0.0684. The average Bonchev–Trinajstić information content (AvgIpc) is 3.07. The van der Waals surface area contributed by atoms with Gasteiger partial charge < -0.3 is 9.47 Å². The summed E-state index contributed by atoms with van der Waals surface area (Å²) in [6, 6.07) is 20.0. The molecule has 240 valence electrons. The molecule has 0 unspecified atom stereocenters. The minimum Gasteiger partial charge on any atom is -0.428 e. The third-order valence-electron chi connectivity index (χ3n) is 7.05. The van der Waals surface area contributed by atoms with E-state index in [2.05, 4.69) is 9.47 Å². The molecule has 6 nitrogen and oxygen atoms in total. The molecule has 4 aromatic rings. The number of nitrogens with zero attached hydrogens (tertiary/aromatic N) is 1. The van der Waals surface area contributed by atoms with Gasteiger partial charge in [0.2, 0.25) is 0 Å². The van der Waals surface area contributed by atoms with Crippen molar-refractivity contribution in [2.45, 2.75) is 12.3 Å². The summed E-state index contributed by atoms with van der Waals surface area (Å²) in [7, 11) is 0.